The Labute approximate surface area is 167 Å². The van der Waals surface area contributed by atoms with Crippen LogP contribution in [0.15, 0.2) is 48.7 Å². The van der Waals surface area contributed by atoms with Crippen LogP contribution in [0.5, 0.6) is 11.5 Å². The molecule has 0 saturated carbocycles. The number of nitrogens with one attached hydrogen (secondary N) is 1. The Morgan fingerprint density at radius 1 is 1.31 bits per heavy atom. The number of amides is 1. The highest BCUT2D eigenvalue weighted by Crippen LogP contribution is 2.39. The lowest BCUT2D eigenvalue weighted by molar-refractivity contribution is -0.383. The van der Waals surface area contributed by atoms with E-state index >= 15 is 0 Å². The van der Waals surface area contributed by atoms with Gasteiger partial charge in [-0.25, -0.2) is 0 Å². The van der Waals surface area contributed by atoms with Gasteiger partial charge in [-0.3, -0.25) is 19.9 Å². The lowest BCUT2D eigenvalue weighted by Gasteiger charge is -2.21. The van der Waals surface area contributed by atoms with E-state index < -0.39 is 11.0 Å². The number of benzene rings is 2. The van der Waals surface area contributed by atoms with Crippen molar-refractivity contribution in [2.24, 2.45) is 0 Å². The first-order valence-electron chi connectivity index (χ1n) is 9.14. The van der Waals surface area contributed by atoms with E-state index in [-0.39, 0.29) is 33.8 Å². The molecule has 0 radical (unpaired) electrons. The zero-order chi connectivity index (χ0) is 21.0. The maximum atomic E-state index is 12.3. The van der Waals surface area contributed by atoms with Crippen molar-refractivity contribution < 1.29 is 19.6 Å². The van der Waals surface area contributed by atoms with Crippen LogP contribution in [-0.2, 0) is 4.79 Å². The van der Waals surface area contributed by atoms with E-state index in [0.717, 1.165) is 0 Å². The molecule has 0 aliphatic heterocycles. The first-order chi connectivity index (χ1) is 14.0. The molecule has 150 valence electrons. The highest BCUT2D eigenvalue weighted by molar-refractivity contribution is 5.94. The number of nitrogens with zero attached hydrogens (tertiary/aromatic N) is 2. The average Bonchev–Trinajstić information content (AvgIpc) is 2.73. The zero-order valence-electron chi connectivity index (χ0n) is 16.1. The molecule has 1 atom stereocenters. The predicted octanol–water partition coefficient (Wildman–Crippen LogP) is 3.86. The molecule has 8 heteroatoms. The largest absolute Gasteiger partial charge is 0.505 e. The highest BCUT2D eigenvalue weighted by Gasteiger charge is 2.26. The van der Waals surface area contributed by atoms with E-state index in [2.05, 4.69) is 10.3 Å². The monoisotopic (exact) mass is 395 g/mol. The molecule has 0 saturated heterocycles. The molecular formula is C21H21N3O5. The van der Waals surface area contributed by atoms with Crippen LogP contribution in [0.1, 0.15) is 36.9 Å². The molecular weight excluding hydrogens is 374 g/mol. The maximum Gasteiger partial charge on any atom is 0.279 e. The smallest absolute Gasteiger partial charge is 0.279 e. The minimum Gasteiger partial charge on any atom is -0.505 e. The van der Waals surface area contributed by atoms with Gasteiger partial charge in [0.25, 0.3) is 5.69 Å². The Morgan fingerprint density at radius 2 is 2.03 bits per heavy atom. The van der Waals surface area contributed by atoms with Crippen molar-refractivity contribution in [3.8, 4) is 11.5 Å². The summed E-state index contributed by atoms with van der Waals surface area (Å²) < 4.78 is 5.17. The molecule has 2 aromatic carbocycles. The first kappa shape index (κ1) is 20.1. The van der Waals surface area contributed by atoms with Gasteiger partial charge in [-0.15, -0.1) is 0 Å². The van der Waals surface area contributed by atoms with E-state index in [0.29, 0.717) is 24.2 Å². The standard InChI is InChI=1S/C21H21N3O5/c1-3-5-18(25)23-19(13-7-9-14(29-2)10-8-13)16-12-17(24(27)28)15-6-4-11-22-20(15)21(16)26/h4,6-12,19,26H,3,5H2,1-2H3,(H,23,25). The molecule has 0 aliphatic carbocycles. The number of carbonyl (C=O) groups excluding carboxylic acids is 1. The number of hydrogen-bond donors (Lipinski definition) is 2. The van der Waals surface area contributed by atoms with E-state index in [1.165, 1.54) is 18.3 Å². The minimum atomic E-state index is -0.787. The molecule has 2 N–H and O–H groups in total. The minimum absolute atomic E-state index is 0.111. The number of fused-ring (bicyclic) bond motifs is 1. The third-order valence-electron chi connectivity index (χ3n) is 4.61. The van der Waals surface area contributed by atoms with Gasteiger partial charge in [-0.05, 0) is 36.2 Å². The van der Waals surface area contributed by atoms with Gasteiger partial charge in [0.2, 0.25) is 5.91 Å². The van der Waals surface area contributed by atoms with Crippen molar-refractivity contribution in [1.82, 2.24) is 10.3 Å². The molecule has 0 fully saturated rings. The fourth-order valence-corrected chi connectivity index (χ4v) is 3.20. The van der Waals surface area contributed by atoms with Crippen molar-refractivity contribution in [3.05, 3.63) is 69.9 Å². The Bertz CT molecular complexity index is 1050. The number of carbonyl (C=O) groups is 1. The molecule has 29 heavy (non-hydrogen) atoms. The first-order valence-corrected chi connectivity index (χ1v) is 9.14. The molecule has 0 bridgehead atoms. The van der Waals surface area contributed by atoms with Crippen molar-refractivity contribution in [1.29, 1.82) is 0 Å². The Morgan fingerprint density at radius 3 is 2.66 bits per heavy atom. The van der Waals surface area contributed by atoms with Crippen LogP contribution in [-0.4, -0.2) is 28.0 Å². The summed E-state index contributed by atoms with van der Waals surface area (Å²) in [5, 5.41) is 25.6. The Balaban J connectivity index is 2.20. The maximum absolute atomic E-state index is 12.3. The van der Waals surface area contributed by atoms with Gasteiger partial charge in [0.1, 0.15) is 17.0 Å². The van der Waals surface area contributed by atoms with Crippen LogP contribution < -0.4 is 10.1 Å². The molecule has 8 nitrogen and oxygen atoms in total. The number of hydrogen-bond acceptors (Lipinski definition) is 6. The third kappa shape index (κ3) is 4.11. The number of aromatic nitrogens is 1. The van der Waals surface area contributed by atoms with Crippen LogP contribution in [0.25, 0.3) is 10.9 Å². The second kappa shape index (κ2) is 8.55. The summed E-state index contributed by atoms with van der Waals surface area (Å²) in [4.78, 5) is 27.6. The van der Waals surface area contributed by atoms with Gasteiger partial charge < -0.3 is 15.2 Å². The number of phenolic OH excluding ortho intramolecular Hbond substituents is 1. The molecule has 0 aliphatic rings. The fraction of sp³-hybridized carbons (Fsp3) is 0.238. The quantitative estimate of drug-likeness (QED) is 0.464. The summed E-state index contributed by atoms with van der Waals surface area (Å²) in [6, 6.07) is 10.5. The number of nitro groups is 1. The lowest BCUT2D eigenvalue weighted by Crippen LogP contribution is -2.29. The van der Waals surface area contributed by atoms with Crippen LogP contribution in [0.4, 0.5) is 5.69 Å². The second-order valence-corrected chi connectivity index (χ2v) is 6.51. The normalized spacial score (nSPS) is 11.8. The van der Waals surface area contributed by atoms with Crippen LogP contribution >= 0.6 is 0 Å². The number of non-ortho nitro benzene ring substituents is 1. The molecule has 1 aromatic heterocycles. The predicted molar refractivity (Wildman–Crippen MR) is 108 cm³/mol. The highest BCUT2D eigenvalue weighted by atomic mass is 16.6. The number of pyridine rings is 1. The molecule has 0 spiro atoms. The van der Waals surface area contributed by atoms with Crippen molar-refractivity contribution in [2.45, 2.75) is 25.8 Å². The Hall–Kier alpha value is -3.68. The number of aromatic hydroxyl groups is 1. The second-order valence-electron chi connectivity index (χ2n) is 6.51. The summed E-state index contributed by atoms with van der Waals surface area (Å²) in [7, 11) is 1.54. The zero-order valence-corrected chi connectivity index (χ0v) is 16.1. The van der Waals surface area contributed by atoms with Crippen molar-refractivity contribution >= 4 is 22.5 Å². The summed E-state index contributed by atoms with van der Waals surface area (Å²) in [6.45, 7) is 1.88. The molecule has 3 rings (SSSR count). The van der Waals surface area contributed by atoms with Gasteiger partial charge in [-0.2, -0.15) is 0 Å². The molecule has 1 heterocycles. The topological polar surface area (TPSA) is 115 Å². The number of rotatable bonds is 7. The molecule has 3 aromatic rings. The third-order valence-corrected chi connectivity index (χ3v) is 4.61. The SMILES string of the molecule is CCCC(=O)NC(c1ccc(OC)cc1)c1cc([N+](=O)[O-])c2cccnc2c1O. The van der Waals surface area contributed by atoms with Gasteiger partial charge in [0.05, 0.1) is 23.5 Å². The van der Waals surface area contributed by atoms with E-state index in [4.69, 9.17) is 4.74 Å². The van der Waals surface area contributed by atoms with E-state index in [1.54, 1.807) is 37.4 Å². The van der Waals surface area contributed by atoms with Gasteiger partial charge in [0, 0.05) is 24.2 Å². The van der Waals surface area contributed by atoms with Crippen molar-refractivity contribution in [2.75, 3.05) is 7.11 Å². The fourth-order valence-electron chi connectivity index (χ4n) is 3.20. The number of nitro benzene ring substituents is 1. The van der Waals surface area contributed by atoms with Crippen LogP contribution in [0.2, 0.25) is 0 Å². The molecule has 1 unspecified atom stereocenters. The van der Waals surface area contributed by atoms with E-state index in [9.17, 15) is 20.0 Å². The molecule has 1 amide bonds. The van der Waals surface area contributed by atoms with Crippen LogP contribution in [0, 0.1) is 10.1 Å². The lowest BCUT2D eigenvalue weighted by atomic mass is 9.95. The number of ether oxygens (including phenoxy) is 1. The summed E-state index contributed by atoms with van der Waals surface area (Å²) >= 11 is 0. The Kier molecular flexibility index (Phi) is 5.92. The van der Waals surface area contributed by atoms with Gasteiger partial charge in [-0.1, -0.05) is 19.1 Å². The summed E-state index contributed by atoms with van der Waals surface area (Å²) in [5.74, 6) is 0.197. The van der Waals surface area contributed by atoms with Gasteiger partial charge >= 0.3 is 0 Å². The number of methoxy groups -OCH3 is 1. The van der Waals surface area contributed by atoms with Gasteiger partial charge in [0.15, 0.2) is 0 Å². The average molecular weight is 395 g/mol. The number of phenols is 1. The van der Waals surface area contributed by atoms with E-state index in [1.807, 2.05) is 6.92 Å². The van der Waals surface area contributed by atoms with Crippen LogP contribution in [0.3, 0.4) is 0 Å². The summed E-state index contributed by atoms with van der Waals surface area (Å²) in [5.41, 5.74) is 0.775. The summed E-state index contributed by atoms with van der Waals surface area (Å²) in [6.07, 6.45) is 2.39. The van der Waals surface area contributed by atoms with Crippen molar-refractivity contribution in [3.63, 3.8) is 0 Å².